The summed E-state index contributed by atoms with van der Waals surface area (Å²) in [5.74, 6) is -0.760. The minimum atomic E-state index is -0.375. The highest BCUT2D eigenvalue weighted by Gasteiger charge is 2.29. The van der Waals surface area contributed by atoms with E-state index in [1.54, 1.807) is 6.92 Å². The number of nitrogens with one attached hydrogen (secondary N) is 1. The van der Waals surface area contributed by atoms with Crippen molar-refractivity contribution in [3.63, 3.8) is 0 Å². The first kappa shape index (κ1) is 12.7. The van der Waals surface area contributed by atoms with E-state index >= 15 is 0 Å². The summed E-state index contributed by atoms with van der Waals surface area (Å²) in [4.78, 5) is 23.3. The molecule has 96 valence electrons. The minimum Gasteiger partial charge on any atom is -0.326 e. The Morgan fingerprint density at radius 1 is 1.50 bits per heavy atom. The van der Waals surface area contributed by atoms with Gasteiger partial charge in [0.05, 0.1) is 5.69 Å². The number of ketones is 1. The van der Waals surface area contributed by atoms with Crippen LogP contribution in [-0.4, -0.2) is 11.7 Å². The van der Waals surface area contributed by atoms with Gasteiger partial charge in [-0.1, -0.05) is 6.92 Å². The van der Waals surface area contributed by atoms with E-state index in [9.17, 15) is 14.0 Å². The molecule has 0 spiro atoms. The van der Waals surface area contributed by atoms with Crippen LogP contribution in [0.4, 0.5) is 10.1 Å². The zero-order valence-corrected chi connectivity index (χ0v) is 10.8. The standard InChI is InChI=1S/C14H16FNO2/c1-7-4-5-10-8(2)11(15)6-12(16-9(3)17)13(10)14(7)18/h6-7H,4-5H2,1-3H3,(H,16,17). The summed E-state index contributed by atoms with van der Waals surface area (Å²) in [6.07, 6.45) is 1.41. The van der Waals surface area contributed by atoms with Gasteiger partial charge in [-0.05, 0) is 37.0 Å². The van der Waals surface area contributed by atoms with E-state index in [-0.39, 0.29) is 23.4 Å². The molecule has 0 bridgehead atoms. The predicted molar refractivity (Wildman–Crippen MR) is 67.3 cm³/mol. The minimum absolute atomic E-state index is 0.0110. The summed E-state index contributed by atoms with van der Waals surface area (Å²) in [5.41, 5.74) is 2.04. The molecule has 1 atom stereocenters. The van der Waals surface area contributed by atoms with Gasteiger partial charge in [0, 0.05) is 18.4 Å². The van der Waals surface area contributed by atoms with E-state index in [0.29, 0.717) is 23.2 Å². The van der Waals surface area contributed by atoms with Crippen LogP contribution in [0.5, 0.6) is 0 Å². The molecule has 0 aliphatic heterocycles. The number of fused-ring (bicyclic) bond motifs is 1. The van der Waals surface area contributed by atoms with Crippen molar-refractivity contribution in [1.29, 1.82) is 0 Å². The number of carbonyl (C=O) groups is 2. The number of hydrogen-bond acceptors (Lipinski definition) is 2. The lowest BCUT2D eigenvalue weighted by Gasteiger charge is -2.25. The average Bonchev–Trinajstić information content (AvgIpc) is 2.28. The van der Waals surface area contributed by atoms with E-state index in [2.05, 4.69) is 5.32 Å². The Kier molecular flexibility index (Phi) is 3.20. The van der Waals surface area contributed by atoms with Crippen molar-refractivity contribution in [2.45, 2.75) is 33.6 Å². The molecular weight excluding hydrogens is 233 g/mol. The van der Waals surface area contributed by atoms with Crippen LogP contribution in [0.2, 0.25) is 0 Å². The lowest BCUT2D eigenvalue weighted by Crippen LogP contribution is -2.24. The molecule has 1 amide bonds. The molecular formula is C14H16FNO2. The van der Waals surface area contributed by atoms with Gasteiger partial charge in [-0.3, -0.25) is 9.59 Å². The summed E-state index contributed by atoms with van der Waals surface area (Å²) in [7, 11) is 0. The summed E-state index contributed by atoms with van der Waals surface area (Å²) >= 11 is 0. The van der Waals surface area contributed by atoms with E-state index in [0.717, 1.165) is 12.0 Å². The van der Waals surface area contributed by atoms with Gasteiger partial charge < -0.3 is 5.32 Å². The van der Waals surface area contributed by atoms with Crippen molar-refractivity contribution in [3.8, 4) is 0 Å². The molecule has 0 saturated carbocycles. The van der Waals surface area contributed by atoms with Crippen molar-refractivity contribution in [2.75, 3.05) is 5.32 Å². The molecule has 0 radical (unpaired) electrons. The second kappa shape index (κ2) is 4.52. The smallest absolute Gasteiger partial charge is 0.221 e. The Balaban J connectivity index is 2.64. The van der Waals surface area contributed by atoms with Gasteiger partial charge in [-0.15, -0.1) is 0 Å². The van der Waals surface area contributed by atoms with Gasteiger partial charge in [0.15, 0.2) is 5.78 Å². The number of anilines is 1. The van der Waals surface area contributed by atoms with Crippen LogP contribution in [0, 0.1) is 18.7 Å². The van der Waals surface area contributed by atoms with Gasteiger partial charge in [0.2, 0.25) is 5.91 Å². The quantitative estimate of drug-likeness (QED) is 0.831. The third-order valence-electron chi connectivity index (χ3n) is 3.49. The highest BCUT2D eigenvalue weighted by molar-refractivity contribution is 6.07. The van der Waals surface area contributed by atoms with Gasteiger partial charge in [-0.2, -0.15) is 0 Å². The zero-order chi connectivity index (χ0) is 13.4. The van der Waals surface area contributed by atoms with Gasteiger partial charge in [-0.25, -0.2) is 4.39 Å². The molecule has 3 nitrogen and oxygen atoms in total. The summed E-state index contributed by atoms with van der Waals surface area (Å²) in [5, 5.41) is 2.55. The maximum Gasteiger partial charge on any atom is 0.221 e. The second-order valence-electron chi connectivity index (χ2n) is 4.87. The number of rotatable bonds is 1. The monoisotopic (exact) mass is 249 g/mol. The second-order valence-corrected chi connectivity index (χ2v) is 4.87. The van der Waals surface area contributed by atoms with E-state index in [1.807, 2.05) is 6.92 Å². The van der Waals surface area contributed by atoms with Crippen molar-refractivity contribution >= 4 is 17.4 Å². The van der Waals surface area contributed by atoms with Crippen LogP contribution in [0.25, 0.3) is 0 Å². The van der Waals surface area contributed by atoms with Crippen LogP contribution in [-0.2, 0) is 11.2 Å². The van der Waals surface area contributed by atoms with Gasteiger partial charge in [0.25, 0.3) is 0 Å². The average molecular weight is 249 g/mol. The molecule has 1 unspecified atom stereocenters. The number of Topliss-reactive ketones (excluding diaryl/α,β-unsaturated/α-hetero) is 1. The van der Waals surface area contributed by atoms with Crippen molar-refractivity contribution in [1.82, 2.24) is 0 Å². The third-order valence-corrected chi connectivity index (χ3v) is 3.49. The largest absolute Gasteiger partial charge is 0.326 e. The Hall–Kier alpha value is -1.71. The molecule has 1 aromatic carbocycles. The van der Waals surface area contributed by atoms with Crippen molar-refractivity contribution < 1.29 is 14.0 Å². The maximum atomic E-state index is 13.8. The molecule has 2 rings (SSSR count). The summed E-state index contributed by atoms with van der Waals surface area (Å²) in [6.45, 7) is 4.89. The number of halogens is 1. The molecule has 4 heteroatoms. The predicted octanol–water partition coefficient (Wildman–Crippen LogP) is 2.86. The van der Waals surface area contributed by atoms with Crippen molar-refractivity contribution in [3.05, 3.63) is 28.6 Å². The topological polar surface area (TPSA) is 46.2 Å². The molecule has 1 aromatic rings. The number of carbonyl (C=O) groups excluding carboxylic acids is 2. The number of benzene rings is 1. The highest BCUT2D eigenvalue weighted by Crippen LogP contribution is 2.34. The molecule has 18 heavy (non-hydrogen) atoms. The highest BCUT2D eigenvalue weighted by atomic mass is 19.1. The van der Waals surface area contributed by atoms with Gasteiger partial charge in [0.1, 0.15) is 5.82 Å². The number of amides is 1. The number of hydrogen-bond donors (Lipinski definition) is 1. The van der Waals surface area contributed by atoms with Crippen molar-refractivity contribution in [2.24, 2.45) is 5.92 Å². The fraction of sp³-hybridized carbons (Fsp3) is 0.429. The summed E-state index contributed by atoms with van der Waals surface area (Å²) < 4.78 is 13.8. The Morgan fingerprint density at radius 2 is 2.17 bits per heavy atom. The first-order valence-electron chi connectivity index (χ1n) is 6.05. The van der Waals surface area contributed by atoms with E-state index < -0.39 is 0 Å². The normalized spacial score (nSPS) is 18.4. The van der Waals surface area contributed by atoms with Gasteiger partial charge >= 0.3 is 0 Å². The van der Waals surface area contributed by atoms with Crippen LogP contribution in [0.1, 0.15) is 41.8 Å². The first-order chi connectivity index (χ1) is 8.41. The first-order valence-corrected chi connectivity index (χ1v) is 6.05. The fourth-order valence-electron chi connectivity index (χ4n) is 2.42. The zero-order valence-electron chi connectivity index (χ0n) is 10.8. The molecule has 1 N–H and O–H groups in total. The van der Waals surface area contributed by atoms with E-state index in [4.69, 9.17) is 0 Å². The molecule has 0 heterocycles. The van der Waals surface area contributed by atoms with Crippen LogP contribution < -0.4 is 5.32 Å². The van der Waals surface area contributed by atoms with E-state index in [1.165, 1.54) is 13.0 Å². The molecule has 0 fully saturated rings. The molecule has 1 aliphatic carbocycles. The van der Waals surface area contributed by atoms with Crippen LogP contribution in [0.3, 0.4) is 0 Å². The molecule has 0 aromatic heterocycles. The maximum absolute atomic E-state index is 13.8. The lowest BCUT2D eigenvalue weighted by atomic mass is 9.81. The third kappa shape index (κ3) is 2.03. The Bertz CT molecular complexity index is 537. The fourth-order valence-corrected chi connectivity index (χ4v) is 2.42. The SMILES string of the molecule is CC(=O)Nc1cc(F)c(C)c2c1C(=O)C(C)CC2. The summed E-state index contributed by atoms with van der Waals surface area (Å²) in [6, 6.07) is 1.24. The molecule has 0 saturated heterocycles. The Morgan fingerprint density at radius 3 is 2.78 bits per heavy atom. The Labute approximate surface area is 105 Å². The van der Waals surface area contributed by atoms with Crippen LogP contribution >= 0.6 is 0 Å². The van der Waals surface area contributed by atoms with Crippen LogP contribution in [0.15, 0.2) is 6.07 Å². The lowest BCUT2D eigenvalue weighted by molar-refractivity contribution is -0.114. The molecule has 1 aliphatic rings.